The summed E-state index contributed by atoms with van der Waals surface area (Å²) < 4.78 is 7.20. The Hall–Kier alpha value is -1.08. The van der Waals surface area contributed by atoms with Crippen molar-refractivity contribution in [3.8, 4) is 0 Å². The molecule has 0 aliphatic heterocycles. The Bertz CT molecular complexity index is 491. The van der Waals surface area contributed by atoms with Gasteiger partial charge in [0.1, 0.15) is 11.9 Å². The second-order valence-electron chi connectivity index (χ2n) is 5.81. The molecule has 0 saturated heterocycles. The maximum absolute atomic E-state index is 12.4. The van der Waals surface area contributed by atoms with Gasteiger partial charge in [0, 0.05) is 18.3 Å². The van der Waals surface area contributed by atoms with Crippen molar-refractivity contribution in [2.45, 2.75) is 62.0 Å². The summed E-state index contributed by atoms with van der Waals surface area (Å²) in [5.74, 6) is -0.125. The molecule has 2 unspecified atom stereocenters. The number of nitrogens with one attached hydrogen (secondary N) is 1. The molecule has 6 nitrogen and oxygen atoms in total. The van der Waals surface area contributed by atoms with Crippen LogP contribution in [0.2, 0.25) is 0 Å². The normalized spacial score (nSPS) is 25.5. The molecule has 0 amide bonds. The van der Waals surface area contributed by atoms with E-state index in [0.717, 1.165) is 24.4 Å². The number of esters is 1. The zero-order chi connectivity index (χ0) is 15.5. The second-order valence-corrected chi connectivity index (χ2v) is 7.08. The number of hydrogen-bond donors (Lipinski definition) is 1. The highest BCUT2D eigenvalue weighted by Crippen LogP contribution is 2.40. The molecule has 0 spiro atoms. The van der Waals surface area contributed by atoms with Crippen LogP contribution >= 0.6 is 11.8 Å². The van der Waals surface area contributed by atoms with Gasteiger partial charge in [0.05, 0.1) is 6.61 Å². The first-order chi connectivity index (χ1) is 9.97. The first-order valence-electron chi connectivity index (χ1n) is 7.42. The monoisotopic (exact) mass is 312 g/mol. The van der Waals surface area contributed by atoms with Gasteiger partial charge in [-0.2, -0.15) is 0 Å². The third-order valence-corrected chi connectivity index (χ3v) is 4.96. The van der Waals surface area contributed by atoms with E-state index in [1.54, 1.807) is 18.1 Å². The van der Waals surface area contributed by atoms with Gasteiger partial charge < -0.3 is 9.30 Å². The molecule has 1 saturated carbocycles. The molecule has 1 aromatic heterocycles. The molecule has 1 aromatic rings. The average molecular weight is 312 g/mol. The molecular weight excluding hydrogens is 288 g/mol. The van der Waals surface area contributed by atoms with Gasteiger partial charge in [-0.25, -0.2) is 0 Å². The van der Waals surface area contributed by atoms with Gasteiger partial charge in [0.2, 0.25) is 0 Å². The molecule has 0 aromatic carbocycles. The molecule has 21 heavy (non-hydrogen) atoms. The van der Waals surface area contributed by atoms with Crippen LogP contribution in [0.4, 0.5) is 0 Å². The first-order valence-corrected chi connectivity index (χ1v) is 8.30. The third kappa shape index (κ3) is 3.77. The van der Waals surface area contributed by atoms with Gasteiger partial charge in [-0.3, -0.25) is 10.1 Å². The topological polar surface area (TPSA) is 69.0 Å². The van der Waals surface area contributed by atoms with Gasteiger partial charge in [-0.1, -0.05) is 11.8 Å². The molecule has 118 valence electrons. The van der Waals surface area contributed by atoms with Gasteiger partial charge >= 0.3 is 5.97 Å². The van der Waals surface area contributed by atoms with Crippen LogP contribution < -0.4 is 5.32 Å². The van der Waals surface area contributed by atoms with Gasteiger partial charge in [-0.15, -0.1) is 10.2 Å². The minimum Gasteiger partial charge on any atom is -0.465 e. The number of carbonyl (C=O) groups excluding carboxylic acids is 1. The fourth-order valence-electron chi connectivity index (χ4n) is 2.83. The Morgan fingerprint density at radius 2 is 2.43 bits per heavy atom. The SMILES string of the molecule is CCOC(=O)C1(NC(C)C)CCC(Sc2nncn2C)C1. The molecule has 1 aliphatic rings. The minimum absolute atomic E-state index is 0.125. The van der Waals surface area contributed by atoms with E-state index in [4.69, 9.17) is 4.74 Å². The van der Waals surface area contributed by atoms with E-state index in [0.29, 0.717) is 11.9 Å². The van der Waals surface area contributed by atoms with E-state index in [1.807, 2.05) is 18.5 Å². The number of thioether (sulfide) groups is 1. The van der Waals surface area contributed by atoms with E-state index in [1.165, 1.54) is 0 Å². The summed E-state index contributed by atoms with van der Waals surface area (Å²) in [6, 6.07) is 0.244. The summed E-state index contributed by atoms with van der Waals surface area (Å²) in [7, 11) is 1.93. The average Bonchev–Trinajstić information content (AvgIpc) is 2.98. The lowest BCUT2D eigenvalue weighted by molar-refractivity contribution is -0.151. The van der Waals surface area contributed by atoms with Crippen molar-refractivity contribution >= 4 is 17.7 Å². The highest BCUT2D eigenvalue weighted by Gasteiger charge is 2.47. The van der Waals surface area contributed by atoms with Crippen LogP contribution in [0.3, 0.4) is 0 Å². The highest BCUT2D eigenvalue weighted by molar-refractivity contribution is 7.99. The zero-order valence-corrected chi connectivity index (χ0v) is 13.9. The Kier molecular flexibility index (Phi) is 5.27. The van der Waals surface area contributed by atoms with Crippen molar-refractivity contribution in [2.75, 3.05) is 6.61 Å². The lowest BCUT2D eigenvalue weighted by atomic mass is 9.96. The number of rotatable bonds is 6. The van der Waals surface area contributed by atoms with Gasteiger partial charge in [0.25, 0.3) is 0 Å². The van der Waals surface area contributed by atoms with Crippen molar-refractivity contribution in [3.63, 3.8) is 0 Å². The van der Waals surface area contributed by atoms with Crippen LogP contribution in [0.15, 0.2) is 11.5 Å². The Labute approximate surface area is 130 Å². The molecule has 0 radical (unpaired) electrons. The van der Waals surface area contributed by atoms with E-state index in [2.05, 4.69) is 29.4 Å². The smallest absolute Gasteiger partial charge is 0.326 e. The summed E-state index contributed by atoms with van der Waals surface area (Å²) in [5.41, 5.74) is -0.555. The van der Waals surface area contributed by atoms with Crippen LogP contribution in [-0.4, -0.2) is 44.2 Å². The summed E-state index contributed by atoms with van der Waals surface area (Å²) in [4.78, 5) is 12.4. The summed E-state index contributed by atoms with van der Waals surface area (Å²) >= 11 is 1.69. The van der Waals surface area contributed by atoms with Crippen molar-refractivity contribution in [3.05, 3.63) is 6.33 Å². The quantitative estimate of drug-likeness (QED) is 0.807. The van der Waals surface area contributed by atoms with Crippen LogP contribution in [0.5, 0.6) is 0 Å². The Balaban J connectivity index is 2.07. The van der Waals surface area contributed by atoms with Crippen molar-refractivity contribution in [2.24, 2.45) is 7.05 Å². The fourth-order valence-corrected chi connectivity index (χ4v) is 4.04. The molecule has 2 atom stereocenters. The predicted octanol–water partition coefficient (Wildman–Crippen LogP) is 1.76. The van der Waals surface area contributed by atoms with E-state index in [9.17, 15) is 4.79 Å². The van der Waals surface area contributed by atoms with Crippen LogP contribution in [-0.2, 0) is 16.6 Å². The maximum atomic E-state index is 12.4. The van der Waals surface area contributed by atoms with Gasteiger partial charge in [-0.05, 0) is 40.0 Å². The standard InChI is InChI=1S/C14H24N4O2S/c1-5-20-12(19)14(16-10(2)3)7-6-11(8-14)21-13-17-15-9-18(13)4/h9-11,16H,5-8H2,1-4H3. The van der Waals surface area contributed by atoms with Crippen LogP contribution in [0, 0.1) is 0 Å². The molecule has 1 N–H and O–H groups in total. The zero-order valence-electron chi connectivity index (χ0n) is 13.1. The molecule has 2 rings (SSSR count). The molecular formula is C14H24N4O2S. The van der Waals surface area contributed by atoms with E-state index in [-0.39, 0.29) is 12.0 Å². The summed E-state index contributed by atoms with van der Waals surface area (Å²) in [5, 5.41) is 12.7. The Morgan fingerprint density at radius 3 is 3.00 bits per heavy atom. The summed E-state index contributed by atoms with van der Waals surface area (Å²) in [6.07, 6.45) is 4.24. The first kappa shape index (κ1) is 16.3. The van der Waals surface area contributed by atoms with Crippen molar-refractivity contribution in [1.82, 2.24) is 20.1 Å². The van der Waals surface area contributed by atoms with Crippen molar-refractivity contribution in [1.29, 1.82) is 0 Å². The lowest BCUT2D eigenvalue weighted by Crippen LogP contribution is -2.54. The predicted molar refractivity (Wildman–Crippen MR) is 82.1 cm³/mol. The van der Waals surface area contributed by atoms with Gasteiger partial charge in [0.15, 0.2) is 5.16 Å². The second kappa shape index (κ2) is 6.79. The molecule has 1 heterocycles. The summed E-state index contributed by atoms with van der Waals surface area (Å²) in [6.45, 7) is 6.39. The minimum atomic E-state index is -0.555. The number of aryl methyl sites for hydroxylation is 1. The number of carbonyl (C=O) groups is 1. The molecule has 0 bridgehead atoms. The Morgan fingerprint density at radius 1 is 1.67 bits per heavy atom. The molecule has 1 aliphatic carbocycles. The third-order valence-electron chi connectivity index (χ3n) is 3.64. The molecule has 1 fully saturated rings. The maximum Gasteiger partial charge on any atom is 0.326 e. The van der Waals surface area contributed by atoms with Crippen LogP contribution in [0.25, 0.3) is 0 Å². The number of ether oxygens (including phenoxy) is 1. The highest BCUT2D eigenvalue weighted by atomic mass is 32.2. The number of nitrogens with zero attached hydrogens (tertiary/aromatic N) is 3. The van der Waals surface area contributed by atoms with E-state index >= 15 is 0 Å². The molecule has 7 heteroatoms. The van der Waals surface area contributed by atoms with E-state index < -0.39 is 5.54 Å². The number of aromatic nitrogens is 3. The fraction of sp³-hybridized carbons (Fsp3) is 0.786. The number of hydrogen-bond acceptors (Lipinski definition) is 6. The lowest BCUT2D eigenvalue weighted by Gasteiger charge is -2.30. The van der Waals surface area contributed by atoms with Crippen LogP contribution in [0.1, 0.15) is 40.0 Å². The largest absolute Gasteiger partial charge is 0.465 e. The van der Waals surface area contributed by atoms with Crippen molar-refractivity contribution < 1.29 is 9.53 Å².